The summed E-state index contributed by atoms with van der Waals surface area (Å²) in [7, 11) is 1.38. The van der Waals surface area contributed by atoms with E-state index < -0.39 is 0 Å². The Morgan fingerprint density at radius 2 is 1.52 bits per heavy atom. The fraction of sp³-hybridized carbons (Fsp3) is 0.250. The van der Waals surface area contributed by atoms with Crippen LogP contribution in [0.1, 0.15) is 41.3 Å². The maximum absolute atomic E-state index is 11.4. The molecule has 0 fully saturated rings. The zero-order chi connectivity index (χ0) is 16.5. The minimum atomic E-state index is -0.320. The number of methoxy groups -OCH3 is 1. The summed E-state index contributed by atoms with van der Waals surface area (Å²) < 4.78 is 10.3. The molecule has 0 aliphatic carbocycles. The first-order chi connectivity index (χ1) is 11.2. The summed E-state index contributed by atoms with van der Waals surface area (Å²) in [4.78, 5) is 11.4. The molecule has 3 heteroatoms. The van der Waals surface area contributed by atoms with Crippen LogP contribution in [0.15, 0.2) is 48.5 Å². The minimum Gasteiger partial charge on any atom is -0.494 e. The number of rotatable bonds is 7. The van der Waals surface area contributed by atoms with Crippen LogP contribution in [0.4, 0.5) is 0 Å². The van der Waals surface area contributed by atoms with Crippen LogP contribution in [0.2, 0.25) is 0 Å². The SMILES string of the molecule is CCCCOc1ccc(/C=C/c2ccc(C(=O)OC)cc2)cc1. The summed E-state index contributed by atoms with van der Waals surface area (Å²) in [6.07, 6.45) is 6.25. The summed E-state index contributed by atoms with van der Waals surface area (Å²) >= 11 is 0. The van der Waals surface area contributed by atoms with Gasteiger partial charge < -0.3 is 9.47 Å². The van der Waals surface area contributed by atoms with E-state index in [1.807, 2.05) is 48.6 Å². The average Bonchev–Trinajstić information content (AvgIpc) is 2.61. The van der Waals surface area contributed by atoms with Gasteiger partial charge in [0.25, 0.3) is 0 Å². The lowest BCUT2D eigenvalue weighted by atomic mass is 10.1. The van der Waals surface area contributed by atoms with E-state index in [2.05, 4.69) is 11.7 Å². The van der Waals surface area contributed by atoms with Crippen molar-refractivity contribution >= 4 is 18.1 Å². The Balaban J connectivity index is 1.95. The molecule has 0 bridgehead atoms. The Labute approximate surface area is 137 Å². The summed E-state index contributed by atoms with van der Waals surface area (Å²) in [5.41, 5.74) is 2.68. The molecule has 0 radical (unpaired) electrons. The second kappa shape index (κ2) is 8.79. The molecule has 23 heavy (non-hydrogen) atoms. The molecule has 0 atom stereocenters. The van der Waals surface area contributed by atoms with Gasteiger partial charge in [-0.2, -0.15) is 0 Å². The molecule has 2 aromatic rings. The summed E-state index contributed by atoms with van der Waals surface area (Å²) in [5.74, 6) is 0.581. The normalized spacial score (nSPS) is 10.7. The van der Waals surface area contributed by atoms with Gasteiger partial charge in [0.15, 0.2) is 0 Å². The van der Waals surface area contributed by atoms with Crippen LogP contribution in [-0.2, 0) is 4.74 Å². The number of hydrogen-bond acceptors (Lipinski definition) is 3. The molecule has 0 saturated carbocycles. The molecular weight excluding hydrogens is 288 g/mol. The highest BCUT2D eigenvalue weighted by atomic mass is 16.5. The van der Waals surface area contributed by atoms with Crippen molar-refractivity contribution in [3.05, 3.63) is 65.2 Å². The predicted molar refractivity (Wildman–Crippen MR) is 93.6 cm³/mol. The van der Waals surface area contributed by atoms with E-state index in [9.17, 15) is 4.79 Å². The van der Waals surface area contributed by atoms with Gasteiger partial charge >= 0.3 is 5.97 Å². The Morgan fingerprint density at radius 1 is 0.957 bits per heavy atom. The van der Waals surface area contributed by atoms with Crippen LogP contribution >= 0.6 is 0 Å². The van der Waals surface area contributed by atoms with Crippen molar-refractivity contribution in [3.8, 4) is 5.75 Å². The maximum Gasteiger partial charge on any atom is 0.337 e. The monoisotopic (exact) mass is 310 g/mol. The van der Waals surface area contributed by atoms with Gasteiger partial charge in [-0.1, -0.05) is 49.8 Å². The number of carbonyl (C=O) groups is 1. The lowest BCUT2D eigenvalue weighted by Crippen LogP contribution is -2.00. The average molecular weight is 310 g/mol. The molecule has 0 spiro atoms. The van der Waals surface area contributed by atoms with Crippen LogP contribution < -0.4 is 4.74 Å². The Hall–Kier alpha value is -2.55. The van der Waals surface area contributed by atoms with E-state index in [1.54, 1.807) is 12.1 Å². The molecule has 0 amide bonds. The molecule has 0 aliphatic rings. The summed E-state index contributed by atoms with van der Waals surface area (Å²) in [5, 5.41) is 0. The number of esters is 1. The molecule has 3 nitrogen and oxygen atoms in total. The number of carbonyl (C=O) groups excluding carboxylic acids is 1. The van der Waals surface area contributed by atoms with E-state index in [0.717, 1.165) is 36.3 Å². The van der Waals surface area contributed by atoms with E-state index in [1.165, 1.54) is 7.11 Å². The molecular formula is C20H22O3. The van der Waals surface area contributed by atoms with E-state index in [-0.39, 0.29) is 5.97 Å². The molecule has 0 aliphatic heterocycles. The van der Waals surface area contributed by atoms with Gasteiger partial charge in [-0.15, -0.1) is 0 Å². The van der Waals surface area contributed by atoms with Gasteiger partial charge in [0.2, 0.25) is 0 Å². The van der Waals surface area contributed by atoms with Gasteiger partial charge in [-0.25, -0.2) is 4.79 Å². The summed E-state index contributed by atoms with van der Waals surface area (Å²) in [6, 6.07) is 15.3. The van der Waals surface area contributed by atoms with Crippen LogP contribution in [-0.4, -0.2) is 19.7 Å². The number of ether oxygens (including phenoxy) is 2. The largest absolute Gasteiger partial charge is 0.494 e. The van der Waals surface area contributed by atoms with Crippen LogP contribution in [0.5, 0.6) is 5.75 Å². The maximum atomic E-state index is 11.4. The Kier molecular flexibility index (Phi) is 6.42. The van der Waals surface area contributed by atoms with Gasteiger partial charge in [0.05, 0.1) is 19.3 Å². The smallest absolute Gasteiger partial charge is 0.337 e. The van der Waals surface area contributed by atoms with E-state index in [0.29, 0.717) is 5.56 Å². The second-order valence-corrected chi connectivity index (χ2v) is 5.22. The molecule has 2 rings (SSSR count). The van der Waals surface area contributed by atoms with Gasteiger partial charge in [-0.3, -0.25) is 0 Å². The van der Waals surface area contributed by atoms with Gasteiger partial charge in [-0.05, 0) is 41.8 Å². The lowest BCUT2D eigenvalue weighted by Gasteiger charge is -2.05. The first-order valence-electron chi connectivity index (χ1n) is 7.82. The third-order valence-corrected chi connectivity index (χ3v) is 3.45. The molecule has 0 saturated heterocycles. The third kappa shape index (κ3) is 5.29. The summed E-state index contributed by atoms with van der Waals surface area (Å²) in [6.45, 7) is 2.91. The first-order valence-corrected chi connectivity index (χ1v) is 7.82. The van der Waals surface area contributed by atoms with Crippen molar-refractivity contribution < 1.29 is 14.3 Å². The van der Waals surface area contributed by atoms with Crippen molar-refractivity contribution in [2.45, 2.75) is 19.8 Å². The standard InChI is InChI=1S/C20H22O3/c1-3-4-15-23-19-13-9-17(10-14-19)6-5-16-7-11-18(12-8-16)20(21)22-2/h5-14H,3-4,15H2,1-2H3/b6-5+. The van der Waals surface area contributed by atoms with Crippen LogP contribution in [0, 0.1) is 0 Å². The fourth-order valence-electron chi connectivity index (χ4n) is 2.05. The zero-order valence-electron chi connectivity index (χ0n) is 13.6. The van der Waals surface area contributed by atoms with E-state index in [4.69, 9.17) is 4.74 Å². The minimum absolute atomic E-state index is 0.320. The molecule has 120 valence electrons. The van der Waals surface area contributed by atoms with Crippen molar-refractivity contribution in [1.29, 1.82) is 0 Å². The number of hydrogen-bond donors (Lipinski definition) is 0. The Bertz CT molecular complexity index is 640. The number of benzene rings is 2. The Morgan fingerprint density at radius 3 is 2.04 bits per heavy atom. The fourth-order valence-corrected chi connectivity index (χ4v) is 2.05. The molecule has 0 heterocycles. The van der Waals surface area contributed by atoms with Crippen LogP contribution in [0.3, 0.4) is 0 Å². The van der Waals surface area contributed by atoms with Crippen molar-refractivity contribution in [2.75, 3.05) is 13.7 Å². The highest BCUT2D eigenvalue weighted by Gasteiger charge is 2.03. The predicted octanol–water partition coefficient (Wildman–Crippen LogP) is 4.82. The van der Waals surface area contributed by atoms with Gasteiger partial charge in [0.1, 0.15) is 5.75 Å². The molecule has 0 N–H and O–H groups in total. The van der Waals surface area contributed by atoms with Crippen molar-refractivity contribution in [1.82, 2.24) is 0 Å². The lowest BCUT2D eigenvalue weighted by molar-refractivity contribution is 0.0600. The highest BCUT2D eigenvalue weighted by Crippen LogP contribution is 2.15. The number of unbranched alkanes of at least 4 members (excludes halogenated alkanes) is 1. The second-order valence-electron chi connectivity index (χ2n) is 5.22. The highest BCUT2D eigenvalue weighted by molar-refractivity contribution is 5.89. The van der Waals surface area contributed by atoms with Crippen molar-refractivity contribution in [3.63, 3.8) is 0 Å². The quantitative estimate of drug-likeness (QED) is 0.418. The molecule has 0 aromatic heterocycles. The first kappa shape index (κ1) is 16.8. The zero-order valence-corrected chi connectivity index (χ0v) is 13.6. The van der Waals surface area contributed by atoms with Crippen LogP contribution in [0.25, 0.3) is 12.2 Å². The van der Waals surface area contributed by atoms with Crippen molar-refractivity contribution in [2.24, 2.45) is 0 Å². The molecule has 0 unspecified atom stereocenters. The van der Waals surface area contributed by atoms with Gasteiger partial charge in [0, 0.05) is 0 Å². The molecule has 2 aromatic carbocycles. The topological polar surface area (TPSA) is 35.5 Å². The van der Waals surface area contributed by atoms with E-state index >= 15 is 0 Å². The third-order valence-electron chi connectivity index (χ3n) is 3.45.